The number of benzene rings is 2. The molecule has 2 aromatic heterocycles. The number of furan rings is 1. The smallest absolute Gasteiger partial charge is 0.340 e. The van der Waals surface area contributed by atoms with Gasteiger partial charge in [-0.1, -0.05) is 26.0 Å². The number of carboxylic acid groups (broad SMARTS) is 1. The zero-order valence-corrected chi connectivity index (χ0v) is 19.9. The average molecular weight is 497 g/mol. The largest absolute Gasteiger partial charge is 0.755 e. The van der Waals surface area contributed by atoms with Gasteiger partial charge in [0.15, 0.2) is 5.58 Å². The van der Waals surface area contributed by atoms with Crippen LogP contribution in [0.15, 0.2) is 59.4 Å². The van der Waals surface area contributed by atoms with E-state index in [0.717, 1.165) is 23.5 Å². The summed E-state index contributed by atoms with van der Waals surface area (Å²) in [4.78, 5) is 18.7. The van der Waals surface area contributed by atoms with Crippen molar-refractivity contribution in [2.75, 3.05) is 23.9 Å². The first kappa shape index (κ1) is 24.5. The van der Waals surface area contributed by atoms with Gasteiger partial charge in [-0.2, -0.15) is 0 Å². The summed E-state index contributed by atoms with van der Waals surface area (Å²) in [5, 5.41) is 11.2. The van der Waals surface area contributed by atoms with Crippen molar-refractivity contribution in [3.63, 3.8) is 0 Å². The Hall–Kier alpha value is -3.60. The van der Waals surface area contributed by atoms with Crippen molar-refractivity contribution in [1.82, 2.24) is 9.88 Å². The topological polar surface area (TPSA) is 110 Å². The average Bonchev–Trinajstić information content (AvgIpc) is 3.32. The number of likely N-dealkylation sites (N-methyl/N-ethyl adjacent to an activating group) is 1. The van der Waals surface area contributed by atoms with Crippen molar-refractivity contribution in [2.45, 2.75) is 13.8 Å². The molecule has 0 aliphatic carbocycles. The zero-order valence-electron chi connectivity index (χ0n) is 19.1. The number of hydrogen-bond acceptors (Lipinski definition) is 6. The number of nitrogens with zero attached hydrogens (tertiary/aromatic N) is 3. The predicted octanol–water partition coefficient (Wildman–Crippen LogP) is 5.11. The number of rotatable bonds is 9. The van der Waals surface area contributed by atoms with Crippen LogP contribution in [0.25, 0.3) is 27.9 Å². The SMILES string of the molecule is CCN(CC)CC=Cc1cc(F)ccc1N(c1ccc2c(ncc3occc32)c1C(=O)O)S(=O)[O-]. The third kappa shape index (κ3) is 4.81. The lowest BCUT2D eigenvalue weighted by Crippen LogP contribution is -2.23. The van der Waals surface area contributed by atoms with Gasteiger partial charge in [0.25, 0.3) is 0 Å². The Labute approximate surface area is 203 Å². The second kappa shape index (κ2) is 10.3. The fraction of sp³-hybridized carbons (Fsp3) is 0.200. The molecule has 0 saturated heterocycles. The van der Waals surface area contributed by atoms with Crippen LogP contribution in [0.3, 0.4) is 0 Å². The molecule has 8 nitrogen and oxygen atoms in total. The molecule has 0 aliphatic rings. The van der Waals surface area contributed by atoms with E-state index in [1.165, 1.54) is 30.7 Å². The molecule has 0 spiro atoms. The number of anilines is 2. The van der Waals surface area contributed by atoms with Crippen LogP contribution in [0.2, 0.25) is 0 Å². The van der Waals surface area contributed by atoms with Crippen LogP contribution in [0.5, 0.6) is 0 Å². The minimum atomic E-state index is -2.92. The monoisotopic (exact) mass is 496 g/mol. The van der Waals surface area contributed by atoms with E-state index in [9.17, 15) is 23.1 Å². The molecule has 1 atom stereocenters. The fourth-order valence-corrected chi connectivity index (χ4v) is 4.66. The van der Waals surface area contributed by atoms with Crippen LogP contribution in [-0.2, 0) is 11.3 Å². The summed E-state index contributed by atoms with van der Waals surface area (Å²) in [6, 6.07) is 8.34. The molecule has 1 unspecified atom stereocenters. The van der Waals surface area contributed by atoms with Gasteiger partial charge in [-0.25, -0.2) is 9.18 Å². The molecular formula is C25H23FN3O5S-. The van der Waals surface area contributed by atoms with Crippen molar-refractivity contribution < 1.29 is 27.5 Å². The molecule has 0 fully saturated rings. The number of carboxylic acids is 1. The van der Waals surface area contributed by atoms with E-state index >= 15 is 0 Å². The Balaban J connectivity index is 1.90. The van der Waals surface area contributed by atoms with E-state index in [-0.39, 0.29) is 28.0 Å². The first-order valence-corrected chi connectivity index (χ1v) is 12.0. The molecule has 0 aliphatic heterocycles. The molecule has 1 N–H and O–H groups in total. The second-order valence-electron chi connectivity index (χ2n) is 7.72. The molecule has 0 saturated carbocycles. The summed E-state index contributed by atoms with van der Waals surface area (Å²) in [7, 11) is 0. The summed E-state index contributed by atoms with van der Waals surface area (Å²) >= 11 is -2.92. The van der Waals surface area contributed by atoms with E-state index in [1.54, 1.807) is 18.2 Å². The molecule has 0 bridgehead atoms. The Kier molecular flexibility index (Phi) is 7.25. The van der Waals surface area contributed by atoms with Crippen LogP contribution in [0.1, 0.15) is 29.8 Å². The molecule has 10 heteroatoms. The lowest BCUT2D eigenvalue weighted by Gasteiger charge is -2.29. The Morgan fingerprint density at radius 2 is 1.91 bits per heavy atom. The molecule has 2 aromatic carbocycles. The zero-order chi connectivity index (χ0) is 25.1. The molecule has 2 heterocycles. The van der Waals surface area contributed by atoms with Crippen molar-refractivity contribution >= 4 is 56.6 Å². The third-order valence-corrected chi connectivity index (χ3v) is 6.49. The molecule has 0 radical (unpaired) electrons. The summed E-state index contributed by atoms with van der Waals surface area (Å²) in [5.41, 5.74) is 0.582. The normalized spacial score (nSPS) is 12.7. The number of pyridine rings is 1. The summed E-state index contributed by atoms with van der Waals surface area (Å²) in [6.07, 6.45) is 6.30. The van der Waals surface area contributed by atoms with Crippen LogP contribution < -0.4 is 4.31 Å². The molecular weight excluding hydrogens is 473 g/mol. The first-order chi connectivity index (χ1) is 16.8. The number of hydrogen-bond donors (Lipinski definition) is 1. The van der Waals surface area contributed by atoms with Crippen molar-refractivity contribution in [3.05, 3.63) is 71.9 Å². The minimum absolute atomic E-state index is 0.111. The summed E-state index contributed by atoms with van der Waals surface area (Å²) < 4.78 is 45.3. The molecule has 4 aromatic rings. The number of aromatic nitrogens is 1. The van der Waals surface area contributed by atoms with E-state index in [1.807, 2.05) is 19.9 Å². The van der Waals surface area contributed by atoms with Crippen LogP contribution in [0, 0.1) is 5.82 Å². The highest BCUT2D eigenvalue weighted by atomic mass is 32.2. The van der Waals surface area contributed by atoms with Gasteiger partial charge in [-0.05, 0) is 49.5 Å². The maximum atomic E-state index is 14.1. The highest BCUT2D eigenvalue weighted by Crippen LogP contribution is 2.38. The van der Waals surface area contributed by atoms with Crippen LogP contribution >= 0.6 is 0 Å². The van der Waals surface area contributed by atoms with Gasteiger partial charge in [0.2, 0.25) is 0 Å². The summed E-state index contributed by atoms with van der Waals surface area (Å²) in [6.45, 7) is 6.27. The van der Waals surface area contributed by atoms with Gasteiger partial charge in [0.05, 0.1) is 40.6 Å². The van der Waals surface area contributed by atoms with Gasteiger partial charge in [0.1, 0.15) is 11.4 Å². The first-order valence-electron chi connectivity index (χ1n) is 11.0. The van der Waals surface area contributed by atoms with E-state index in [4.69, 9.17) is 4.42 Å². The molecule has 0 amide bonds. The highest BCUT2D eigenvalue weighted by Gasteiger charge is 2.24. The highest BCUT2D eigenvalue weighted by molar-refractivity contribution is 7.81. The van der Waals surface area contributed by atoms with E-state index in [0.29, 0.717) is 22.9 Å². The van der Waals surface area contributed by atoms with Gasteiger partial charge >= 0.3 is 5.97 Å². The summed E-state index contributed by atoms with van der Waals surface area (Å²) in [5.74, 6) is -1.90. The third-order valence-electron chi connectivity index (χ3n) is 5.80. The van der Waals surface area contributed by atoms with Gasteiger partial charge in [-0.15, -0.1) is 0 Å². The second-order valence-corrected chi connectivity index (χ2v) is 8.52. The fourth-order valence-electron chi connectivity index (χ4n) is 4.02. The van der Waals surface area contributed by atoms with Crippen LogP contribution in [0.4, 0.5) is 15.8 Å². The number of carbonyl (C=O) groups is 1. The quantitative estimate of drug-likeness (QED) is 0.321. The maximum Gasteiger partial charge on any atom is 0.340 e. The lowest BCUT2D eigenvalue weighted by atomic mass is 10.0. The van der Waals surface area contributed by atoms with Gasteiger partial charge in [-0.3, -0.25) is 13.5 Å². The molecule has 4 rings (SSSR count). The molecule has 182 valence electrons. The standard InChI is InChI=1S/C25H24FN3O5S/c1-3-28(4-2)12-5-6-16-14-17(26)7-9-20(16)29(35(32)33)21-10-8-19-18-11-13-34-22(18)15-27-24(19)23(21)25(30)31/h5-11,13-15H,3-4,12H2,1-2H3,(H,30,31)(H,32,33)/p-1. The lowest BCUT2D eigenvalue weighted by molar-refractivity contribution is 0.0699. The molecule has 35 heavy (non-hydrogen) atoms. The minimum Gasteiger partial charge on any atom is -0.755 e. The maximum absolute atomic E-state index is 14.1. The number of halogens is 1. The Morgan fingerprint density at radius 3 is 2.60 bits per heavy atom. The van der Waals surface area contributed by atoms with Crippen LogP contribution in [-0.4, -0.2) is 49.4 Å². The van der Waals surface area contributed by atoms with Crippen molar-refractivity contribution in [2.24, 2.45) is 0 Å². The predicted molar refractivity (Wildman–Crippen MR) is 133 cm³/mol. The van der Waals surface area contributed by atoms with E-state index in [2.05, 4.69) is 9.88 Å². The van der Waals surface area contributed by atoms with Gasteiger partial charge < -0.3 is 19.0 Å². The Morgan fingerprint density at radius 1 is 1.17 bits per heavy atom. The van der Waals surface area contributed by atoms with E-state index < -0.39 is 23.1 Å². The van der Waals surface area contributed by atoms with Crippen molar-refractivity contribution in [1.29, 1.82) is 0 Å². The van der Waals surface area contributed by atoms with Gasteiger partial charge in [0, 0.05) is 22.9 Å². The number of aromatic carboxylic acids is 1. The Bertz CT molecular complexity index is 1450. The van der Waals surface area contributed by atoms with Crippen molar-refractivity contribution in [3.8, 4) is 0 Å². The number of fused-ring (bicyclic) bond motifs is 3.